The first-order valence-corrected chi connectivity index (χ1v) is 6.15. The molecule has 1 N–H and O–H groups in total. The van der Waals surface area contributed by atoms with E-state index in [1.165, 1.54) is 12.8 Å². The SMILES string of the molecule is CC(C)(C)C(=O)NCCc1nncn1C1CC1. The second kappa shape index (κ2) is 4.47. The van der Waals surface area contributed by atoms with Gasteiger partial charge in [-0.05, 0) is 12.8 Å². The van der Waals surface area contributed by atoms with Crippen molar-refractivity contribution in [2.45, 2.75) is 46.1 Å². The zero-order valence-corrected chi connectivity index (χ0v) is 10.7. The van der Waals surface area contributed by atoms with Crippen molar-refractivity contribution in [3.63, 3.8) is 0 Å². The second-order valence-corrected chi connectivity index (χ2v) is 5.64. The smallest absolute Gasteiger partial charge is 0.225 e. The molecule has 1 fully saturated rings. The van der Waals surface area contributed by atoms with E-state index in [-0.39, 0.29) is 11.3 Å². The molecule has 0 aromatic carbocycles. The Morgan fingerprint density at radius 3 is 2.82 bits per heavy atom. The minimum Gasteiger partial charge on any atom is -0.355 e. The summed E-state index contributed by atoms with van der Waals surface area (Å²) in [6.45, 7) is 6.36. The minimum atomic E-state index is -0.329. The highest BCUT2D eigenvalue weighted by molar-refractivity contribution is 5.81. The number of carbonyl (C=O) groups is 1. The van der Waals surface area contributed by atoms with Gasteiger partial charge >= 0.3 is 0 Å². The fourth-order valence-corrected chi connectivity index (χ4v) is 1.66. The van der Waals surface area contributed by atoms with E-state index in [0.717, 1.165) is 12.2 Å². The van der Waals surface area contributed by atoms with Gasteiger partial charge in [0, 0.05) is 24.4 Å². The average molecular weight is 236 g/mol. The van der Waals surface area contributed by atoms with Crippen LogP contribution in [0.5, 0.6) is 0 Å². The summed E-state index contributed by atoms with van der Waals surface area (Å²) in [5.41, 5.74) is -0.329. The molecule has 1 aromatic rings. The third kappa shape index (κ3) is 3.05. The van der Waals surface area contributed by atoms with E-state index in [1.807, 2.05) is 20.8 Å². The molecule has 94 valence electrons. The highest BCUT2D eigenvalue weighted by atomic mass is 16.2. The van der Waals surface area contributed by atoms with Gasteiger partial charge in [0.2, 0.25) is 5.91 Å². The molecule has 0 saturated heterocycles. The summed E-state index contributed by atoms with van der Waals surface area (Å²) in [6.07, 6.45) is 4.98. The molecule has 1 aliphatic carbocycles. The van der Waals surface area contributed by atoms with Crippen molar-refractivity contribution in [2.75, 3.05) is 6.54 Å². The summed E-state index contributed by atoms with van der Waals surface area (Å²) in [4.78, 5) is 11.7. The van der Waals surface area contributed by atoms with Crippen LogP contribution in [0.3, 0.4) is 0 Å². The molecule has 0 radical (unpaired) electrons. The van der Waals surface area contributed by atoms with Crippen molar-refractivity contribution in [3.8, 4) is 0 Å². The van der Waals surface area contributed by atoms with Gasteiger partial charge in [-0.2, -0.15) is 0 Å². The van der Waals surface area contributed by atoms with E-state index < -0.39 is 0 Å². The molecule has 5 heteroatoms. The lowest BCUT2D eigenvalue weighted by Gasteiger charge is -2.17. The zero-order chi connectivity index (χ0) is 12.5. The largest absolute Gasteiger partial charge is 0.355 e. The van der Waals surface area contributed by atoms with E-state index >= 15 is 0 Å². The molecule has 1 heterocycles. The van der Waals surface area contributed by atoms with E-state index in [1.54, 1.807) is 6.33 Å². The predicted molar refractivity (Wildman–Crippen MR) is 64.5 cm³/mol. The number of aromatic nitrogens is 3. The predicted octanol–water partition coefficient (Wildman–Crippen LogP) is 1.32. The maximum Gasteiger partial charge on any atom is 0.225 e. The molecular weight excluding hydrogens is 216 g/mol. The summed E-state index contributed by atoms with van der Waals surface area (Å²) in [5.74, 6) is 1.05. The highest BCUT2D eigenvalue weighted by Crippen LogP contribution is 2.35. The summed E-state index contributed by atoms with van der Waals surface area (Å²) >= 11 is 0. The fourth-order valence-electron chi connectivity index (χ4n) is 1.66. The fraction of sp³-hybridized carbons (Fsp3) is 0.750. The molecule has 2 rings (SSSR count). The van der Waals surface area contributed by atoms with Crippen LogP contribution in [-0.4, -0.2) is 27.2 Å². The maximum absolute atomic E-state index is 11.7. The monoisotopic (exact) mass is 236 g/mol. The van der Waals surface area contributed by atoms with E-state index in [4.69, 9.17) is 0 Å². The van der Waals surface area contributed by atoms with Gasteiger partial charge in [-0.1, -0.05) is 20.8 Å². The Balaban J connectivity index is 1.82. The summed E-state index contributed by atoms with van der Waals surface area (Å²) in [6, 6.07) is 0.596. The number of carbonyl (C=O) groups excluding carboxylic acids is 1. The van der Waals surface area contributed by atoms with Gasteiger partial charge in [0.25, 0.3) is 0 Å². The lowest BCUT2D eigenvalue weighted by atomic mass is 9.96. The molecule has 1 saturated carbocycles. The molecule has 1 aliphatic rings. The minimum absolute atomic E-state index is 0.0787. The first kappa shape index (κ1) is 12.1. The topological polar surface area (TPSA) is 59.8 Å². The van der Waals surface area contributed by atoms with Gasteiger partial charge in [-0.3, -0.25) is 4.79 Å². The van der Waals surface area contributed by atoms with Gasteiger partial charge in [0.05, 0.1) is 0 Å². The Morgan fingerprint density at radius 2 is 2.24 bits per heavy atom. The molecular formula is C12H20N4O. The van der Waals surface area contributed by atoms with Crippen LogP contribution in [0.25, 0.3) is 0 Å². The van der Waals surface area contributed by atoms with Crippen LogP contribution >= 0.6 is 0 Å². The Bertz CT molecular complexity index is 401. The Labute approximate surface area is 102 Å². The van der Waals surface area contributed by atoms with Crippen molar-refractivity contribution in [2.24, 2.45) is 5.41 Å². The second-order valence-electron chi connectivity index (χ2n) is 5.64. The van der Waals surface area contributed by atoms with Gasteiger partial charge in [-0.15, -0.1) is 10.2 Å². The number of hydrogen-bond acceptors (Lipinski definition) is 3. The van der Waals surface area contributed by atoms with Crippen LogP contribution in [0.1, 0.15) is 45.5 Å². The van der Waals surface area contributed by atoms with Crippen molar-refractivity contribution < 1.29 is 4.79 Å². The molecule has 0 spiro atoms. The normalized spacial score (nSPS) is 15.9. The third-order valence-corrected chi connectivity index (χ3v) is 2.90. The quantitative estimate of drug-likeness (QED) is 0.857. The molecule has 0 atom stereocenters. The van der Waals surface area contributed by atoms with Crippen molar-refractivity contribution in [3.05, 3.63) is 12.2 Å². The maximum atomic E-state index is 11.7. The van der Waals surface area contributed by atoms with Crippen molar-refractivity contribution >= 4 is 5.91 Å². The lowest BCUT2D eigenvalue weighted by molar-refractivity contribution is -0.128. The van der Waals surface area contributed by atoms with Gasteiger partial charge in [0.1, 0.15) is 12.2 Å². The van der Waals surface area contributed by atoms with Crippen LogP contribution in [0.4, 0.5) is 0 Å². The van der Waals surface area contributed by atoms with E-state index in [0.29, 0.717) is 12.6 Å². The molecule has 0 aliphatic heterocycles. The van der Waals surface area contributed by atoms with Crippen molar-refractivity contribution in [1.29, 1.82) is 0 Å². The molecule has 5 nitrogen and oxygen atoms in total. The van der Waals surface area contributed by atoms with E-state index in [2.05, 4.69) is 20.1 Å². The summed E-state index contributed by atoms with van der Waals surface area (Å²) < 4.78 is 2.13. The van der Waals surface area contributed by atoms with Crippen LogP contribution < -0.4 is 5.32 Å². The summed E-state index contributed by atoms with van der Waals surface area (Å²) in [5, 5.41) is 11.0. The molecule has 17 heavy (non-hydrogen) atoms. The van der Waals surface area contributed by atoms with Gasteiger partial charge < -0.3 is 9.88 Å². The first-order valence-electron chi connectivity index (χ1n) is 6.15. The van der Waals surface area contributed by atoms with E-state index in [9.17, 15) is 4.79 Å². The number of nitrogens with one attached hydrogen (secondary N) is 1. The molecule has 1 aromatic heterocycles. The van der Waals surface area contributed by atoms with Crippen molar-refractivity contribution in [1.82, 2.24) is 20.1 Å². The molecule has 0 unspecified atom stereocenters. The highest BCUT2D eigenvalue weighted by Gasteiger charge is 2.26. The Kier molecular flexibility index (Phi) is 3.17. The van der Waals surface area contributed by atoms with Crippen LogP contribution in [0, 0.1) is 5.41 Å². The molecule has 1 amide bonds. The number of hydrogen-bond donors (Lipinski definition) is 1. The van der Waals surface area contributed by atoms with Crippen LogP contribution in [0.2, 0.25) is 0 Å². The lowest BCUT2D eigenvalue weighted by Crippen LogP contribution is -2.36. The zero-order valence-electron chi connectivity index (χ0n) is 10.7. The average Bonchev–Trinajstić information content (AvgIpc) is 2.98. The Hall–Kier alpha value is -1.39. The van der Waals surface area contributed by atoms with Gasteiger partial charge in [0.15, 0.2) is 0 Å². The number of rotatable bonds is 4. The summed E-state index contributed by atoms with van der Waals surface area (Å²) in [7, 11) is 0. The van der Waals surface area contributed by atoms with Crippen LogP contribution in [0.15, 0.2) is 6.33 Å². The van der Waals surface area contributed by atoms with Crippen LogP contribution in [-0.2, 0) is 11.2 Å². The molecule has 0 bridgehead atoms. The Morgan fingerprint density at radius 1 is 1.53 bits per heavy atom. The number of amides is 1. The standard InChI is InChI=1S/C12H20N4O/c1-12(2,3)11(17)13-7-6-10-15-14-8-16(10)9-4-5-9/h8-9H,4-7H2,1-3H3,(H,13,17). The number of nitrogens with zero attached hydrogens (tertiary/aromatic N) is 3. The van der Waals surface area contributed by atoms with Gasteiger partial charge in [-0.25, -0.2) is 0 Å². The third-order valence-electron chi connectivity index (χ3n) is 2.90. The first-order chi connectivity index (χ1) is 7.98.